The molecule has 1 heterocycles. The third kappa shape index (κ3) is 3.43. The zero-order valence-corrected chi connectivity index (χ0v) is 16.2. The van der Waals surface area contributed by atoms with Crippen molar-refractivity contribution in [2.45, 2.75) is 6.42 Å². The Labute approximate surface area is 170 Å². The van der Waals surface area contributed by atoms with Gasteiger partial charge >= 0.3 is 5.97 Å². The van der Waals surface area contributed by atoms with Crippen molar-refractivity contribution in [2.24, 2.45) is 23.7 Å². The molecule has 1 saturated carbocycles. The van der Waals surface area contributed by atoms with Crippen LogP contribution in [0.3, 0.4) is 0 Å². The summed E-state index contributed by atoms with van der Waals surface area (Å²) in [6.45, 7) is 0. The number of carbonyl (C=O) groups is 3. The number of aliphatic carboxylic acids is 1. The van der Waals surface area contributed by atoms with Crippen molar-refractivity contribution < 1.29 is 19.5 Å². The van der Waals surface area contributed by atoms with Gasteiger partial charge in [0.15, 0.2) is 0 Å². The Kier molecular flexibility index (Phi) is 4.95. The van der Waals surface area contributed by atoms with Crippen molar-refractivity contribution in [1.82, 2.24) is 0 Å². The van der Waals surface area contributed by atoms with E-state index >= 15 is 0 Å². The molecule has 0 spiro atoms. The van der Waals surface area contributed by atoms with E-state index in [0.717, 1.165) is 0 Å². The standard InChI is InChI=1S/C20H17ClN2O4S/c21-13-6-5-12(9-14(13)23-18(24)15-2-1-7-28-15)22-19(25)16-10-3-4-11(8-10)17(16)20(26)27/h1-7,9-11,16-17H,8H2,(H,22,25)(H,23,24)(H,26,27)/t10-,11+,16+,17-/m0/s1. The molecule has 1 fully saturated rings. The normalized spacial score (nSPS) is 24.9. The van der Waals surface area contributed by atoms with Crippen LogP contribution in [-0.2, 0) is 9.59 Å². The number of amides is 2. The molecule has 8 heteroatoms. The van der Waals surface area contributed by atoms with Crippen LogP contribution in [0.4, 0.5) is 11.4 Å². The Morgan fingerprint density at radius 3 is 2.50 bits per heavy atom. The SMILES string of the molecule is O=C(Nc1cc(NC(=O)[C@H]2[C@@H](C(=O)O)[C@@H]3C=C[C@H]2C3)ccc1Cl)c1cccs1. The summed E-state index contributed by atoms with van der Waals surface area (Å²) in [5.74, 6) is -3.03. The lowest BCUT2D eigenvalue weighted by atomic mass is 9.82. The molecule has 2 aromatic rings. The highest BCUT2D eigenvalue weighted by atomic mass is 35.5. The van der Waals surface area contributed by atoms with E-state index in [0.29, 0.717) is 27.7 Å². The number of halogens is 1. The Balaban J connectivity index is 1.51. The van der Waals surface area contributed by atoms with E-state index in [-0.39, 0.29) is 23.7 Å². The molecule has 0 saturated heterocycles. The molecule has 0 unspecified atom stereocenters. The molecule has 3 N–H and O–H groups in total. The van der Waals surface area contributed by atoms with E-state index in [1.807, 2.05) is 12.2 Å². The van der Waals surface area contributed by atoms with Crippen molar-refractivity contribution in [3.63, 3.8) is 0 Å². The smallest absolute Gasteiger partial charge is 0.307 e. The number of carboxylic acid groups (broad SMARTS) is 1. The fraction of sp³-hybridized carbons (Fsp3) is 0.250. The minimum Gasteiger partial charge on any atom is -0.481 e. The molecule has 28 heavy (non-hydrogen) atoms. The monoisotopic (exact) mass is 416 g/mol. The summed E-state index contributed by atoms with van der Waals surface area (Å²) in [6.07, 6.45) is 4.52. The van der Waals surface area contributed by atoms with Crippen LogP contribution in [0.1, 0.15) is 16.1 Å². The minimum absolute atomic E-state index is 0.0589. The number of hydrogen-bond donors (Lipinski definition) is 3. The Hall–Kier alpha value is -2.64. The number of anilines is 2. The van der Waals surface area contributed by atoms with Crippen molar-refractivity contribution in [3.05, 3.63) is 57.8 Å². The summed E-state index contributed by atoms with van der Waals surface area (Å²) in [7, 11) is 0. The number of carbonyl (C=O) groups excluding carboxylic acids is 2. The number of allylic oxidation sites excluding steroid dienone is 2. The molecule has 4 rings (SSSR count). The molecule has 2 aliphatic rings. The number of benzene rings is 1. The fourth-order valence-corrected chi connectivity index (χ4v) is 4.82. The van der Waals surface area contributed by atoms with E-state index in [1.165, 1.54) is 11.3 Å². The van der Waals surface area contributed by atoms with Crippen LogP contribution in [-0.4, -0.2) is 22.9 Å². The van der Waals surface area contributed by atoms with Gasteiger partial charge in [-0.05, 0) is 47.9 Å². The van der Waals surface area contributed by atoms with E-state index in [4.69, 9.17) is 11.6 Å². The summed E-state index contributed by atoms with van der Waals surface area (Å²) >= 11 is 7.48. The van der Waals surface area contributed by atoms with Crippen LogP contribution in [0.5, 0.6) is 0 Å². The van der Waals surface area contributed by atoms with Crippen molar-refractivity contribution in [1.29, 1.82) is 0 Å². The second-order valence-electron chi connectivity index (χ2n) is 6.95. The van der Waals surface area contributed by atoms with Crippen LogP contribution in [0.15, 0.2) is 47.9 Å². The molecule has 0 radical (unpaired) electrons. The first-order valence-corrected chi connectivity index (χ1v) is 10.1. The summed E-state index contributed by atoms with van der Waals surface area (Å²) in [5, 5.41) is 17.2. The molecular weight excluding hydrogens is 400 g/mol. The maximum Gasteiger partial charge on any atom is 0.307 e. The predicted octanol–water partition coefficient (Wildman–Crippen LogP) is 4.12. The number of carboxylic acids is 1. The van der Waals surface area contributed by atoms with Gasteiger partial charge in [0.2, 0.25) is 5.91 Å². The zero-order chi connectivity index (χ0) is 19.8. The molecule has 1 aromatic heterocycles. The average molecular weight is 417 g/mol. The second-order valence-corrected chi connectivity index (χ2v) is 8.31. The first-order valence-electron chi connectivity index (χ1n) is 8.80. The Morgan fingerprint density at radius 2 is 1.82 bits per heavy atom. The summed E-state index contributed by atoms with van der Waals surface area (Å²) in [5.41, 5.74) is 0.826. The van der Waals surface area contributed by atoms with Crippen molar-refractivity contribution in [3.8, 4) is 0 Å². The second kappa shape index (κ2) is 7.41. The highest BCUT2D eigenvalue weighted by molar-refractivity contribution is 7.12. The molecular formula is C20H17ClN2O4S. The molecule has 0 aliphatic heterocycles. The highest BCUT2D eigenvalue weighted by Crippen LogP contribution is 2.48. The van der Waals surface area contributed by atoms with Gasteiger partial charge in [0.05, 0.1) is 27.4 Å². The Bertz CT molecular complexity index is 973. The summed E-state index contributed by atoms with van der Waals surface area (Å²) < 4.78 is 0. The third-order valence-electron chi connectivity index (χ3n) is 5.27. The number of fused-ring (bicyclic) bond motifs is 2. The van der Waals surface area contributed by atoms with Gasteiger partial charge < -0.3 is 15.7 Å². The van der Waals surface area contributed by atoms with Gasteiger partial charge in [0.1, 0.15) is 0 Å². The van der Waals surface area contributed by atoms with Crippen molar-refractivity contribution >= 4 is 52.1 Å². The van der Waals surface area contributed by atoms with E-state index in [9.17, 15) is 19.5 Å². The number of nitrogens with one attached hydrogen (secondary N) is 2. The van der Waals surface area contributed by atoms with E-state index in [1.54, 1.807) is 35.7 Å². The lowest BCUT2D eigenvalue weighted by Gasteiger charge is -2.24. The third-order valence-corrected chi connectivity index (χ3v) is 6.47. The average Bonchev–Trinajstić information content (AvgIpc) is 3.40. The maximum atomic E-state index is 12.8. The van der Waals surface area contributed by atoms with Crippen LogP contribution in [0, 0.1) is 23.7 Å². The largest absolute Gasteiger partial charge is 0.481 e. The number of rotatable bonds is 5. The topological polar surface area (TPSA) is 95.5 Å². The number of hydrogen-bond acceptors (Lipinski definition) is 4. The lowest BCUT2D eigenvalue weighted by molar-refractivity contribution is -0.146. The lowest BCUT2D eigenvalue weighted by Crippen LogP contribution is -2.36. The molecule has 2 aliphatic carbocycles. The molecule has 1 aromatic carbocycles. The summed E-state index contributed by atoms with van der Waals surface area (Å²) in [4.78, 5) is 37.2. The first kappa shape index (κ1) is 18.7. The minimum atomic E-state index is -0.947. The van der Waals surface area contributed by atoms with Gasteiger partial charge in [0.25, 0.3) is 5.91 Å². The quantitative estimate of drug-likeness (QED) is 0.639. The van der Waals surface area contributed by atoms with Crippen molar-refractivity contribution in [2.75, 3.05) is 10.6 Å². The molecule has 144 valence electrons. The van der Waals surface area contributed by atoms with Crippen LogP contribution in [0.25, 0.3) is 0 Å². The number of thiophene rings is 1. The molecule has 2 amide bonds. The molecule has 2 bridgehead atoms. The van der Waals surface area contributed by atoms with Crippen LogP contribution in [0.2, 0.25) is 5.02 Å². The fourth-order valence-electron chi connectivity index (χ4n) is 4.03. The van der Waals surface area contributed by atoms with Crippen LogP contribution >= 0.6 is 22.9 Å². The van der Waals surface area contributed by atoms with Gasteiger partial charge in [-0.1, -0.05) is 29.8 Å². The van der Waals surface area contributed by atoms with Gasteiger partial charge in [0, 0.05) is 5.69 Å². The van der Waals surface area contributed by atoms with E-state index < -0.39 is 17.8 Å². The Morgan fingerprint density at radius 1 is 1.07 bits per heavy atom. The molecule has 6 nitrogen and oxygen atoms in total. The maximum absolute atomic E-state index is 12.8. The zero-order valence-electron chi connectivity index (χ0n) is 14.6. The van der Waals surface area contributed by atoms with E-state index in [2.05, 4.69) is 10.6 Å². The van der Waals surface area contributed by atoms with Gasteiger partial charge in [-0.15, -0.1) is 11.3 Å². The first-order chi connectivity index (χ1) is 13.4. The summed E-state index contributed by atoms with van der Waals surface area (Å²) in [6, 6.07) is 8.26. The van der Waals surface area contributed by atoms with Gasteiger partial charge in [-0.25, -0.2) is 0 Å². The van der Waals surface area contributed by atoms with Gasteiger partial charge in [-0.3, -0.25) is 14.4 Å². The highest BCUT2D eigenvalue weighted by Gasteiger charge is 2.51. The predicted molar refractivity (Wildman–Crippen MR) is 108 cm³/mol. The molecule has 4 atom stereocenters. The van der Waals surface area contributed by atoms with Gasteiger partial charge in [-0.2, -0.15) is 0 Å². The van der Waals surface area contributed by atoms with Crippen LogP contribution < -0.4 is 10.6 Å².